The van der Waals surface area contributed by atoms with Crippen molar-refractivity contribution in [3.8, 4) is 0 Å². The molecule has 17 heavy (non-hydrogen) atoms. The summed E-state index contributed by atoms with van der Waals surface area (Å²) in [5, 5.41) is 0. The number of hydrogen-bond acceptors (Lipinski definition) is 3. The molecule has 0 saturated heterocycles. The quantitative estimate of drug-likeness (QED) is 0.871. The Hall–Kier alpha value is -0.420. The topological polar surface area (TPSA) is 32.5 Å². The van der Waals surface area contributed by atoms with Crippen LogP contribution in [0.3, 0.4) is 0 Å². The summed E-state index contributed by atoms with van der Waals surface area (Å²) < 4.78 is 1.11. The molecule has 0 aromatic heterocycles. The lowest BCUT2D eigenvalue weighted by Crippen LogP contribution is -2.35. The van der Waals surface area contributed by atoms with Crippen LogP contribution in [0.1, 0.15) is 11.6 Å². The van der Waals surface area contributed by atoms with Crippen LogP contribution in [0.5, 0.6) is 0 Å². The first kappa shape index (κ1) is 14.6. The fourth-order valence-electron chi connectivity index (χ4n) is 1.80. The van der Waals surface area contributed by atoms with Gasteiger partial charge in [0.05, 0.1) is 0 Å². The van der Waals surface area contributed by atoms with Gasteiger partial charge in [-0.25, -0.2) is 0 Å². The molecule has 0 heterocycles. The number of hydrogen-bond donors (Lipinski definition) is 1. The highest BCUT2D eigenvalue weighted by atomic mass is 79.9. The van der Waals surface area contributed by atoms with Crippen LogP contribution < -0.4 is 5.73 Å². The molecular formula is C13H22BrN3. The van der Waals surface area contributed by atoms with E-state index < -0.39 is 0 Å². The number of nitrogens with two attached hydrogens (primary N) is 1. The third-order valence-corrected chi connectivity index (χ3v) is 3.38. The van der Waals surface area contributed by atoms with Crippen molar-refractivity contribution in [3.05, 3.63) is 34.3 Å². The predicted molar refractivity (Wildman–Crippen MR) is 77.1 cm³/mol. The Morgan fingerprint density at radius 2 is 1.94 bits per heavy atom. The molecule has 1 aromatic rings. The number of benzene rings is 1. The third kappa shape index (κ3) is 4.76. The van der Waals surface area contributed by atoms with Gasteiger partial charge in [0.25, 0.3) is 0 Å². The second-order valence-corrected chi connectivity index (χ2v) is 5.51. The molecule has 3 nitrogen and oxygen atoms in total. The van der Waals surface area contributed by atoms with Gasteiger partial charge in [-0.05, 0) is 38.8 Å². The number of halogens is 1. The Balaban J connectivity index is 2.70. The van der Waals surface area contributed by atoms with Crippen molar-refractivity contribution < 1.29 is 0 Å². The van der Waals surface area contributed by atoms with Gasteiger partial charge in [-0.2, -0.15) is 0 Å². The third-order valence-electron chi connectivity index (χ3n) is 2.89. The van der Waals surface area contributed by atoms with Crippen LogP contribution in [0.2, 0.25) is 0 Å². The molecule has 4 heteroatoms. The Kier molecular flexibility index (Phi) is 6.12. The van der Waals surface area contributed by atoms with Crippen molar-refractivity contribution in [1.82, 2.24) is 9.80 Å². The van der Waals surface area contributed by atoms with Gasteiger partial charge in [0.1, 0.15) is 0 Å². The smallest absolute Gasteiger partial charge is 0.0468 e. The molecule has 0 spiro atoms. The van der Waals surface area contributed by atoms with Crippen molar-refractivity contribution in [2.75, 3.05) is 40.8 Å². The van der Waals surface area contributed by atoms with Crippen LogP contribution in [0.4, 0.5) is 0 Å². The normalized spacial score (nSPS) is 13.4. The van der Waals surface area contributed by atoms with E-state index in [9.17, 15) is 0 Å². The number of likely N-dealkylation sites (N-methyl/N-ethyl adjacent to an activating group) is 2. The first-order valence-corrected chi connectivity index (χ1v) is 6.64. The van der Waals surface area contributed by atoms with Gasteiger partial charge in [0, 0.05) is 30.1 Å². The van der Waals surface area contributed by atoms with E-state index in [4.69, 9.17) is 5.73 Å². The highest BCUT2D eigenvalue weighted by Crippen LogP contribution is 2.21. The summed E-state index contributed by atoms with van der Waals surface area (Å²) in [5.41, 5.74) is 7.16. The molecule has 2 N–H and O–H groups in total. The van der Waals surface area contributed by atoms with Crippen LogP contribution in [-0.2, 0) is 0 Å². The summed E-state index contributed by atoms with van der Waals surface area (Å²) >= 11 is 3.50. The Morgan fingerprint density at radius 3 is 2.47 bits per heavy atom. The summed E-state index contributed by atoms with van der Waals surface area (Å²) in [7, 11) is 6.30. The molecule has 0 aliphatic rings. The molecule has 1 unspecified atom stereocenters. The van der Waals surface area contributed by atoms with E-state index in [0.29, 0.717) is 6.54 Å². The molecule has 96 valence electrons. The molecule has 0 bridgehead atoms. The molecule has 0 amide bonds. The van der Waals surface area contributed by atoms with E-state index in [2.05, 4.69) is 65.1 Å². The average molecular weight is 300 g/mol. The average Bonchev–Trinajstić information content (AvgIpc) is 2.27. The fourth-order valence-corrected chi connectivity index (χ4v) is 2.21. The molecule has 0 fully saturated rings. The zero-order valence-corrected chi connectivity index (χ0v) is 12.4. The van der Waals surface area contributed by atoms with Gasteiger partial charge in [-0.3, -0.25) is 4.90 Å². The van der Waals surface area contributed by atoms with Crippen LogP contribution >= 0.6 is 15.9 Å². The highest BCUT2D eigenvalue weighted by Gasteiger charge is 2.15. The zero-order chi connectivity index (χ0) is 12.8. The van der Waals surface area contributed by atoms with Crippen molar-refractivity contribution in [2.24, 2.45) is 5.73 Å². The Morgan fingerprint density at radius 1 is 1.24 bits per heavy atom. The first-order chi connectivity index (χ1) is 8.04. The SMILES string of the molecule is CN(C)CCN(C)C(CN)c1cccc(Br)c1. The van der Waals surface area contributed by atoms with E-state index in [1.54, 1.807) is 0 Å². The Bertz CT molecular complexity index is 341. The lowest BCUT2D eigenvalue weighted by Gasteiger charge is -2.28. The van der Waals surface area contributed by atoms with E-state index in [-0.39, 0.29) is 6.04 Å². The van der Waals surface area contributed by atoms with Gasteiger partial charge < -0.3 is 10.6 Å². The van der Waals surface area contributed by atoms with Crippen molar-refractivity contribution in [2.45, 2.75) is 6.04 Å². The second-order valence-electron chi connectivity index (χ2n) is 4.59. The Labute approximate surface area is 113 Å². The fraction of sp³-hybridized carbons (Fsp3) is 0.538. The maximum atomic E-state index is 5.89. The van der Waals surface area contributed by atoms with E-state index in [1.807, 2.05) is 6.07 Å². The van der Waals surface area contributed by atoms with Gasteiger partial charge in [-0.1, -0.05) is 28.1 Å². The highest BCUT2D eigenvalue weighted by molar-refractivity contribution is 9.10. The lowest BCUT2D eigenvalue weighted by atomic mass is 10.1. The van der Waals surface area contributed by atoms with Gasteiger partial charge in [0.2, 0.25) is 0 Å². The molecule has 1 atom stereocenters. The minimum atomic E-state index is 0.285. The number of nitrogens with zero attached hydrogens (tertiary/aromatic N) is 2. The van der Waals surface area contributed by atoms with Crippen LogP contribution in [-0.4, -0.2) is 50.6 Å². The second kappa shape index (κ2) is 7.11. The predicted octanol–water partition coefficient (Wildman–Crippen LogP) is 1.94. The molecule has 0 aliphatic heterocycles. The van der Waals surface area contributed by atoms with Crippen LogP contribution in [0.15, 0.2) is 28.7 Å². The zero-order valence-electron chi connectivity index (χ0n) is 10.9. The van der Waals surface area contributed by atoms with Crippen molar-refractivity contribution in [1.29, 1.82) is 0 Å². The summed E-state index contributed by atoms with van der Waals surface area (Å²) in [5.74, 6) is 0. The molecule has 0 aliphatic carbocycles. The molecule has 1 aromatic carbocycles. The summed E-state index contributed by atoms with van der Waals surface area (Å²) in [6, 6.07) is 8.66. The summed E-state index contributed by atoms with van der Waals surface area (Å²) in [4.78, 5) is 4.49. The van der Waals surface area contributed by atoms with E-state index >= 15 is 0 Å². The van der Waals surface area contributed by atoms with Gasteiger partial charge >= 0.3 is 0 Å². The maximum absolute atomic E-state index is 5.89. The molecular weight excluding hydrogens is 278 g/mol. The molecule has 0 saturated carbocycles. The summed E-state index contributed by atoms with van der Waals surface area (Å²) in [6.07, 6.45) is 0. The maximum Gasteiger partial charge on any atom is 0.0468 e. The van der Waals surface area contributed by atoms with E-state index in [0.717, 1.165) is 17.6 Å². The monoisotopic (exact) mass is 299 g/mol. The molecule has 0 radical (unpaired) electrons. The van der Waals surface area contributed by atoms with Crippen LogP contribution in [0, 0.1) is 0 Å². The minimum absolute atomic E-state index is 0.285. The van der Waals surface area contributed by atoms with Crippen LogP contribution in [0.25, 0.3) is 0 Å². The largest absolute Gasteiger partial charge is 0.329 e. The van der Waals surface area contributed by atoms with Crippen molar-refractivity contribution in [3.63, 3.8) is 0 Å². The molecule has 1 rings (SSSR count). The van der Waals surface area contributed by atoms with E-state index in [1.165, 1.54) is 5.56 Å². The first-order valence-electron chi connectivity index (χ1n) is 5.85. The lowest BCUT2D eigenvalue weighted by molar-refractivity contribution is 0.223. The van der Waals surface area contributed by atoms with Crippen molar-refractivity contribution >= 4 is 15.9 Å². The number of rotatable bonds is 6. The van der Waals surface area contributed by atoms with Gasteiger partial charge in [-0.15, -0.1) is 0 Å². The summed E-state index contributed by atoms with van der Waals surface area (Å²) in [6.45, 7) is 2.70. The minimum Gasteiger partial charge on any atom is -0.329 e. The van der Waals surface area contributed by atoms with Gasteiger partial charge in [0.15, 0.2) is 0 Å². The standard InChI is InChI=1S/C13H22BrN3/c1-16(2)7-8-17(3)13(10-15)11-5-4-6-12(14)9-11/h4-6,9,13H,7-8,10,15H2,1-3H3.